The minimum absolute atomic E-state index is 0.0418. The fourth-order valence-electron chi connectivity index (χ4n) is 3.05. The third-order valence-electron chi connectivity index (χ3n) is 4.23. The summed E-state index contributed by atoms with van der Waals surface area (Å²) in [5.41, 5.74) is 0.901. The summed E-state index contributed by atoms with van der Waals surface area (Å²) in [7, 11) is 0. The molecule has 28 heavy (non-hydrogen) atoms. The van der Waals surface area contributed by atoms with E-state index < -0.39 is 11.1 Å². The first-order valence-corrected chi connectivity index (χ1v) is 9.41. The number of hydrazone groups is 1. The van der Waals surface area contributed by atoms with Crippen molar-refractivity contribution in [1.82, 2.24) is 10.3 Å². The van der Waals surface area contributed by atoms with Gasteiger partial charge in [0.15, 0.2) is 11.3 Å². The van der Waals surface area contributed by atoms with Crippen LogP contribution in [0.15, 0.2) is 71.3 Å². The van der Waals surface area contributed by atoms with Gasteiger partial charge in [0.2, 0.25) is 0 Å². The van der Waals surface area contributed by atoms with Crippen LogP contribution in [0.4, 0.5) is 5.69 Å². The number of thioether (sulfide) groups is 1. The molecule has 0 saturated carbocycles. The standard InChI is InChI=1S/C19H15N5O3S/c1-2-10-28-19-21-18(25)16-14-8-3-4-9-15(14)20-17(23(16)22-19)12-6-5-7-13(11-12)24(26)27/h2-9,11,17H,1,10H2,(H,21,22,25). The first-order chi connectivity index (χ1) is 13.6. The van der Waals surface area contributed by atoms with Crippen LogP contribution < -0.4 is 15.9 Å². The maximum Gasteiger partial charge on any atom is 0.276 e. The second-order valence-corrected chi connectivity index (χ2v) is 7.03. The number of nitro groups is 1. The van der Waals surface area contributed by atoms with Crippen LogP contribution in [0.1, 0.15) is 11.7 Å². The Morgan fingerprint density at radius 2 is 2.11 bits per heavy atom. The van der Waals surface area contributed by atoms with Crippen molar-refractivity contribution in [3.8, 4) is 0 Å². The molecule has 1 atom stereocenters. The van der Waals surface area contributed by atoms with Gasteiger partial charge >= 0.3 is 0 Å². The van der Waals surface area contributed by atoms with Gasteiger partial charge in [0.05, 0.1) is 10.3 Å². The van der Waals surface area contributed by atoms with Crippen LogP contribution in [0.25, 0.3) is 5.70 Å². The zero-order valence-electron chi connectivity index (χ0n) is 14.6. The summed E-state index contributed by atoms with van der Waals surface area (Å²) in [5, 5.41) is 21.8. The highest BCUT2D eigenvalue weighted by Crippen LogP contribution is 2.32. The second-order valence-electron chi connectivity index (χ2n) is 6.02. The van der Waals surface area contributed by atoms with E-state index in [4.69, 9.17) is 4.99 Å². The van der Waals surface area contributed by atoms with E-state index in [0.29, 0.717) is 32.8 Å². The Morgan fingerprint density at radius 1 is 1.29 bits per heavy atom. The molecule has 2 heterocycles. The smallest absolute Gasteiger partial charge is 0.276 e. The molecule has 1 unspecified atom stereocenters. The lowest BCUT2D eigenvalue weighted by Crippen LogP contribution is -2.50. The normalized spacial score (nSPS) is 17.6. The lowest BCUT2D eigenvalue weighted by atomic mass is 10.1. The summed E-state index contributed by atoms with van der Waals surface area (Å²) in [6, 6.07) is 13.5. The number of carbonyl (C=O) groups is 1. The zero-order chi connectivity index (χ0) is 19.7. The fourth-order valence-corrected chi connectivity index (χ4v) is 3.63. The molecular formula is C19H15N5O3S. The van der Waals surface area contributed by atoms with Gasteiger partial charge in [-0.3, -0.25) is 25.2 Å². The van der Waals surface area contributed by atoms with Crippen molar-refractivity contribution in [2.45, 2.75) is 6.17 Å². The number of amides is 1. The van der Waals surface area contributed by atoms with Gasteiger partial charge in [-0.15, -0.1) is 11.7 Å². The van der Waals surface area contributed by atoms with E-state index in [1.54, 1.807) is 18.2 Å². The van der Waals surface area contributed by atoms with Gasteiger partial charge < -0.3 is 0 Å². The topological polar surface area (TPSA) is 100 Å². The molecule has 2 aliphatic rings. The van der Waals surface area contributed by atoms with E-state index in [1.807, 2.05) is 24.3 Å². The first kappa shape index (κ1) is 17.9. The number of non-ortho nitro benzene ring substituents is 1. The van der Waals surface area contributed by atoms with Gasteiger partial charge in [0.25, 0.3) is 11.6 Å². The molecule has 1 N–H and O–H groups in total. The molecular weight excluding hydrogens is 378 g/mol. The van der Waals surface area contributed by atoms with E-state index in [0.717, 1.165) is 0 Å². The molecule has 0 bridgehead atoms. The predicted octanol–water partition coefficient (Wildman–Crippen LogP) is 1.66. The molecule has 0 aromatic heterocycles. The molecule has 1 amide bonds. The lowest BCUT2D eigenvalue weighted by Gasteiger charge is -2.33. The van der Waals surface area contributed by atoms with Crippen molar-refractivity contribution in [3.05, 3.63) is 87.4 Å². The third-order valence-corrected chi connectivity index (χ3v) is 5.09. The van der Waals surface area contributed by atoms with Gasteiger partial charge in [0, 0.05) is 28.7 Å². The average molecular weight is 393 g/mol. The Balaban J connectivity index is 1.91. The Hall–Kier alpha value is -3.46. The maximum atomic E-state index is 12.9. The van der Waals surface area contributed by atoms with Gasteiger partial charge in [-0.25, -0.2) is 5.01 Å². The van der Waals surface area contributed by atoms with E-state index in [1.165, 1.54) is 28.9 Å². The van der Waals surface area contributed by atoms with Crippen LogP contribution >= 0.6 is 11.8 Å². The third kappa shape index (κ3) is 3.16. The molecule has 2 aliphatic heterocycles. The minimum Gasteiger partial charge on any atom is -0.298 e. The number of nitrogens with one attached hydrogen (secondary N) is 1. The largest absolute Gasteiger partial charge is 0.298 e. The SMILES string of the molecule is C=CCSC1=NN2C(=c3ccccc3=NC2c2cccc([N+](=O)[O-])c2)C(=O)N1. The highest BCUT2D eigenvalue weighted by atomic mass is 32.2. The van der Waals surface area contributed by atoms with Crippen molar-refractivity contribution in [2.75, 3.05) is 5.75 Å². The van der Waals surface area contributed by atoms with E-state index in [2.05, 4.69) is 17.0 Å². The average Bonchev–Trinajstić information content (AvgIpc) is 2.71. The zero-order valence-corrected chi connectivity index (χ0v) is 15.4. The number of rotatable bonds is 4. The van der Waals surface area contributed by atoms with Gasteiger partial charge in [-0.1, -0.05) is 48.2 Å². The number of hydrogen-bond donors (Lipinski definition) is 1. The van der Waals surface area contributed by atoms with E-state index in [9.17, 15) is 14.9 Å². The molecule has 0 fully saturated rings. The summed E-state index contributed by atoms with van der Waals surface area (Å²) < 4.78 is 0. The number of nitrogens with zero attached hydrogens (tertiary/aromatic N) is 4. The molecule has 9 heteroatoms. The highest BCUT2D eigenvalue weighted by molar-refractivity contribution is 8.14. The van der Waals surface area contributed by atoms with Crippen LogP contribution in [0.2, 0.25) is 0 Å². The molecule has 0 spiro atoms. The maximum absolute atomic E-state index is 12.9. The minimum atomic E-state index is -0.685. The number of hydrogen-bond acceptors (Lipinski definition) is 7. The summed E-state index contributed by atoms with van der Waals surface area (Å²) in [5.74, 6) is 0.289. The van der Waals surface area contributed by atoms with Crippen LogP contribution in [0, 0.1) is 10.1 Å². The van der Waals surface area contributed by atoms with Gasteiger partial charge in [0.1, 0.15) is 5.70 Å². The second kappa shape index (κ2) is 7.28. The number of fused-ring (bicyclic) bond motifs is 2. The van der Waals surface area contributed by atoms with Crippen LogP contribution in [-0.4, -0.2) is 26.8 Å². The number of carbonyl (C=O) groups excluding carboxylic acids is 1. The van der Waals surface area contributed by atoms with Crippen LogP contribution in [0.3, 0.4) is 0 Å². The van der Waals surface area contributed by atoms with Crippen molar-refractivity contribution in [1.29, 1.82) is 0 Å². The van der Waals surface area contributed by atoms with E-state index >= 15 is 0 Å². The Morgan fingerprint density at radius 3 is 2.89 bits per heavy atom. The van der Waals surface area contributed by atoms with Gasteiger partial charge in [-0.2, -0.15) is 0 Å². The lowest BCUT2D eigenvalue weighted by molar-refractivity contribution is -0.384. The number of nitro benzene ring substituents is 1. The van der Waals surface area contributed by atoms with Gasteiger partial charge in [-0.05, 0) is 6.07 Å². The molecule has 4 rings (SSSR count). The molecule has 0 radical (unpaired) electrons. The summed E-state index contributed by atoms with van der Waals surface area (Å²) in [6.07, 6.45) is 1.03. The summed E-state index contributed by atoms with van der Waals surface area (Å²) >= 11 is 1.34. The van der Waals surface area contributed by atoms with Crippen molar-refractivity contribution >= 4 is 34.2 Å². The highest BCUT2D eigenvalue weighted by Gasteiger charge is 2.34. The van der Waals surface area contributed by atoms with E-state index in [-0.39, 0.29) is 11.6 Å². The van der Waals surface area contributed by atoms with Crippen molar-refractivity contribution in [3.63, 3.8) is 0 Å². The molecule has 2 aromatic rings. The predicted molar refractivity (Wildman–Crippen MR) is 107 cm³/mol. The molecule has 8 nitrogen and oxygen atoms in total. The Bertz CT molecular complexity index is 1140. The van der Waals surface area contributed by atoms with Crippen LogP contribution in [0.5, 0.6) is 0 Å². The molecule has 0 saturated heterocycles. The number of amidine groups is 1. The number of para-hydroxylation sites is 1. The fraction of sp³-hybridized carbons (Fsp3) is 0.105. The molecule has 140 valence electrons. The summed E-state index contributed by atoms with van der Waals surface area (Å²) in [6.45, 7) is 3.67. The molecule has 0 aliphatic carbocycles. The monoisotopic (exact) mass is 393 g/mol. The number of benzene rings is 2. The Labute approximate surface area is 164 Å². The Kier molecular flexibility index (Phi) is 4.66. The van der Waals surface area contributed by atoms with Crippen LogP contribution in [-0.2, 0) is 4.79 Å². The quantitative estimate of drug-likeness (QED) is 0.484. The van der Waals surface area contributed by atoms with Crippen molar-refractivity contribution in [2.24, 2.45) is 10.1 Å². The van der Waals surface area contributed by atoms with Crippen molar-refractivity contribution < 1.29 is 9.72 Å². The summed E-state index contributed by atoms with van der Waals surface area (Å²) in [4.78, 5) is 28.3. The first-order valence-electron chi connectivity index (χ1n) is 8.43. The molecule has 2 aromatic carbocycles.